The summed E-state index contributed by atoms with van der Waals surface area (Å²) in [6.45, 7) is 5.35. The van der Waals surface area contributed by atoms with Gasteiger partial charge in [0.25, 0.3) is 0 Å². The molecule has 1 amide bonds. The van der Waals surface area contributed by atoms with Crippen LogP contribution in [-0.2, 0) is 17.8 Å². The second-order valence-electron chi connectivity index (χ2n) is 5.77. The van der Waals surface area contributed by atoms with E-state index in [1.54, 1.807) is 37.3 Å². The number of amides is 1. The number of fused-ring (bicyclic) bond motifs is 1. The van der Waals surface area contributed by atoms with Crippen molar-refractivity contribution >= 4 is 28.1 Å². The summed E-state index contributed by atoms with van der Waals surface area (Å²) >= 11 is 1.60. The number of hydrogen-bond acceptors (Lipinski definition) is 5. The Morgan fingerprint density at radius 3 is 2.91 bits per heavy atom. The lowest BCUT2D eigenvalue weighted by Gasteiger charge is -2.28. The zero-order chi connectivity index (χ0) is 16.6. The Morgan fingerprint density at radius 1 is 1.43 bits per heavy atom. The van der Waals surface area contributed by atoms with Crippen LogP contribution in [0, 0.1) is 6.92 Å². The molecule has 0 radical (unpaired) electrons. The quantitative estimate of drug-likeness (QED) is 0.867. The first-order valence-corrected chi connectivity index (χ1v) is 8.43. The minimum Gasteiger partial charge on any atom is -0.496 e. The van der Waals surface area contributed by atoms with Gasteiger partial charge in [-0.3, -0.25) is 9.69 Å². The molecule has 1 aliphatic rings. The molecule has 122 valence electrons. The lowest BCUT2D eigenvalue weighted by atomic mass is 10.1. The van der Waals surface area contributed by atoms with E-state index in [9.17, 15) is 4.79 Å². The minimum absolute atomic E-state index is 0.0104. The molecule has 0 unspecified atom stereocenters. The number of rotatable bonds is 3. The Kier molecular flexibility index (Phi) is 4.26. The number of aryl methyl sites for hydroxylation is 1. The predicted octanol–water partition coefficient (Wildman–Crippen LogP) is 3.01. The molecule has 0 aliphatic carbocycles. The summed E-state index contributed by atoms with van der Waals surface area (Å²) in [6.07, 6.45) is 0.897. The molecular weight excluding hydrogens is 310 g/mol. The number of thiazole rings is 1. The van der Waals surface area contributed by atoms with E-state index in [0.717, 1.165) is 47.3 Å². The number of anilines is 2. The van der Waals surface area contributed by atoms with Crippen LogP contribution in [0.25, 0.3) is 0 Å². The van der Waals surface area contributed by atoms with Gasteiger partial charge in [-0.1, -0.05) is 17.4 Å². The van der Waals surface area contributed by atoms with Gasteiger partial charge in [-0.25, -0.2) is 4.98 Å². The fourth-order valence-electron chi connectivity index (χ4n) is 2.69. The smallest absolute Gasteiger partial charge is 0.225 e. The van der Waals surface area contributed by atoms with Crippen molar-refractivity contribution in [3.05, 3.63) is 34.3 Å². The lowest BCUT2D eigenvalue weighted by Crippen LogP contribution is -2.29. The maximum Gasteiger partial charge on any atom is 0.225 e. The molecule has 0 bridgehead atoms. The highest BCUT2D eigenvalue weighted by Crippen LogP contribution is 2.33. The normalized spacial score (nSPS) is 13.7. The molecular formula is C17H21N3O2S. The zero-order valence-electron chi connectivity index (χ0n) is 13.9. The Bertz CT molecular complexity index is 741. The summed E-state index contributed by atoms with van der Waals surface area (Å²) in [5.74, 6) is 0.922. The Balaban J connectivity index is 1.84. The Morgan fingerprint density at radius 2 is 2.22 bits per heavy atom. The van der Waals surface area contributed by atoms with Crippen molar-refractivity contribution in [2.75, 3.05) is 30.5 Å². The van der Waals surface area contributed by atoms with E-state index in [2.05, 4.69) is 28.1 Å². The van der Waals surface area contributed by atoms with Crippen LogP contribution in [0.4, 0.5) is 10.8 Å². The zero-order valence-corrected chi connectivity index (χ0v) is 14.7. The first kappa shape index (κ1) is 15.8. The number of benzene rings is 1. The molecule has 1 aliphatic heterocycles. The van der Waals surface area contributed by atoms with Gasteiger partial charge in [-0.2, -0.15) is 0 Å². The van der Waals surface area contributed by atoms with Crippen LogP contribution in [-0.4, -0.2) is 31.6 Å². The van der Waals surface area contributed by atoms with E-state index in [4.69, 9.17) is 4.74 Å². The van der Waals surface area contributed by atoms with Gasteiger partial charge in [0.05, 0.1) is 19.3 Å². The fraction of sp³-hybridized carbons (Fsp3) is 0.412. The topological polar surface area (TPSA) is 45.7 Å². The van der Waals surface area contributed by atoms with Gasteiger partial charge in [-0.05, 0) is 18.6 Å². The number of carbonyl (C=O) groups is 1. The van der Waals surface area contributed by atoms with Crippen LogP contribution < -0.4 is 14.5 Å². The van der Waals surface area contributed by atoms with E-state index in [0.29, 0.717) is 0 Å². The first-order chi connectivity index (χ1) is 11.0. The third-order valence-corrected chi connectivity index (χ3v) is 5.39. The maximum atomic E-state index is 11.5. The van der Waals surface area contributed by atoms with Crippen LogP contribution in [0.1, 0.15) is 23.1 Å². The maximum absolute atomic E-state index is 11.5. The predicted molar refractivity (Wildman–Crippen MR) is 93.7 cm³/mol. The molecule has 0 saturated heterocycles. The van der Waals surface area contributed by atoms with Crippen molar-refractivity contribution in [3.63, 3.8) is 0 Å². The number of ether oxygens (including phenoxy) is 1. The van der Waals surface area contributed by atoms with Gasteiger partial charge >= 0.3 is 0 Å². The Labute approximate surface area is 140 Å². The molecule has 0 atom stereocenters. The first-order valence-electron chi connectivity index (χ1n) is 7.62. The van der Waals surface area contributed by atoms with Crippen LogP contribution in [0.15, 0.2) is 18.2 Å². The second kappa shape index (κ2) is 6.20. The molecule has 23 heavy (non-hydrogen) atoms. The van der Waals surface area contributed by atoms with Crippen LogP contribution >= 0.6 is 11.3 Å². The molecule has 6 heteroatoms. The van der Waals surface area contributed by atoms with Crippen LogP contribution in [0.5, 0.6) is 5.75 Å². The average Bonchev–Trinajstić information content (AvgIpc) is 2.97. The number of nitrogens with zero attached hydrogens (tertiary/aromatic N) is 3. The molecule has 2 heterocycles. The van der Waals surface area contributed by atoms with Crippen molar-refractivity contribution in [3.8, 4) is 5.75 Å². The van der Waals surface area contributed by atoms with Gasteiger partial charge in [0.2, 0.25) is 5.91 Å². The minimum atomic E-state index is 0.0104. The van der Waals surface area contributed by atoms with Crippen molar-refractivity contribution in [1.82, 2.24) is 4.98 Å². The van der Waals surface area contributed by atoms with E-state index in [-0.39, 0.29) is 5.91 Å². The molecule has 0 fully saturated rings. The van der Waals surface area contributed by atoms with Crippen LogP contribution in [0.3, 0.4) is 0 Å². The standard InChI is InChI=1S/C17H21N3O2S/c1-11-5-6-13(9-15(11)22-4)20-8-7-14-16(10-20)23-17(18-14)19(3)12(2)21/h5-6,9H,7-8,10H2,1-4H3. The number of aromatic nitrogens is 1. The lowest BCUT2D eigenvalue weighted by molar-refractivity contribution is -0.116. The summed E-state index contributed by atoms with van der Waals surface area (Å²) in [5.41, 5.74) is 3.42. The summed E-state index contributed by atoms with van der Waals surface area (Å²) in [6, 6.07) is 6.31. The summed E-state index contributed by atoms with van der Waals surface area (Å²) < 4.78 is 5.43. The van der Waals surface area contributed by atoms with E-state index in [1.807, 2.05) is 6.92 Å². The third kappa shape index (κ3) is 3.03. The van der Waals surface area contributed by atoms with Crippen molar-refractivity contribution in [1.29, 1.82) is 0 Å². The molecule has 5 nitrogen and oxygen atoms in total. The monoisotopic (exact) mass is 331 g/mol. The summed E-state index contributed by atoms with van der Waals surface area (Å²) in [4.78, 5) is 21.3. The van der Waals surface area contributed by atoms with Crippen molar-refractivity contribution in [2.24, 2.45) is 0 Å². The fourth-order valence-corrected chi connectivity index (χ4v) is 3.81. The van der Waals surface area contributed by atoms with E-state index >= 15 is 0 Å². The number of carbonyl (C=O) groups excluding carboxylic acids is 1. The number of methoxy groups -OCH3 is 1. The molecule has 0 N–H and O–H groups in total. The summed E-state index contributed by atoms with van der Waals surface area (Å²) in [5, 5.41) is 0.783. The van der Waals surface area contributed by atoms with Crippen LogP contribution in [0.2, 0.25) is 0 Å². The Hall–Kier alpha value is -2.08. The average molecular weight is 331 g/mol. The molecule has 3 rings (SSSR count). The highest BCUT2D eigenvalue weighted by molar-refractivity contribution is 7.16. The van der Waals surface area contributed by atoms with E-state index < -0.39 is 0 Å². The van der Waals surface area contributed by atoms with Gasteiger partial charge in [0.15, 0.2) is 5.13 Å². The third-order valence-electron chi connectivity index (χ3n) is 4.24. The number of hydrogen-bond donors (Lipinski definition) is 0. The van der Waals surface area contributed by atoms with Crippen molar-refractivity contribution in [2.45, 2.75) is 26.8 Å². The highest BCUT2D eigenvalue weighted by atomic mass is 32.1. The second-order valence-corrected chi connectivity index (χ2v) is 6.83. The molecule has 1 aromatic heterocycles. The van der Waals surface area contributed by atoms with E-state index in [1.165, 1.54) is 4.88 Å². The van der Waals surface area contributed by atoms with Gasteiger partial charge in [0, 0.05) is 43.6 Å². The van der Waals surface area contributed by atoms with Gasteiger partial charge in [-0.15, -0.1) is 0 Å². The highest BCUT2D eigenvalue weighted by Gasteiger charge is 2.23. The molecule has 1 aromatic carbocycles. The largest absolute Gasteiger partial charge is 0.496 e. The SMILES string of the molecule is COc1cc(N2CCc3nc(N(C)C(C)=O)sc3C2)ccc1C. The molecule has 0 spiro atoms. The van der Waals surface area contributed by atoms with Gasteiger partial charge < -0.3 is 9.64 Å². The van der Waals surface area contributed by atoms with Crippen molar-refractivity contribution < 1.29 is 9.53 Å². The summed E-state index contributed by atoms with van der Waals surface area (Å²) in [7, 11) is 3.47. The van der Waals surface area contributed by atoms with Gasteiger partial charge in [0.1, 0.15) is 5.75 Å². The molecule has 0 saturated carbocycles. The molecule has 2 aromatic rings.